The molecule has 7 heteroatoms. The summed E-state index contributed by atoms with van der Waals surface area (Å²) >= 11 is 5.87. The van der Waals surface area contributed by atoms with Crippen LogP contribution in [0.1, 0.15) is 27.3 Å². The first-order valence-electron chi connectivity index (χ1n) is 6.35. The Morgan fingerprint density at radius 1 is 1.36 bits per heavy atom. The van der Waals surface area contributed by atoms with E-state index < -0.39 is 10.9 Å². The molecular weight excluding hydrogens is 308 g/mol. The van der Waals surface area contributed by atoms with Gasteiger partial charge in [0.25, 0.3) is 0 Å². The summed E-state index contributed by atoms with van der Waals surface area (Å²) in [5.74, 6) is -1.11. The Kier molecular flexibility index (Phi) is 4.32. The SMILES string of the molecule is Cc1cc(/C=C/[N+](=O)[O-])c(C)n1-c1ccc(Cl)c(C(=O)O)c1. The van der Waals surface area contributed by atoms with Gasteiger partial charge in [0.2, 0.25) is 6.20 Å². The lowest BCUT2D eigenvalue weighted by Gasteiger charge is -2.11. The third-order valence-corrected chi connectivity index (χ3v) is 3.61. The smallest absolute Gasteiger partial charge is 0.337 e. The van der Waals surface area contributed by atoms with Crippen molar-refractivity contribution in [2.45, 2.75) is 13.8 Å². The van der Waals surface area contributed by atoms with Crippen molar-refractivity contribution in [2.75, 3.05) is 0 Å². The number of nitro groups is 1. The minimum atomic E-state index is -1.11. The van der Waals surface area contributed by atoms with Gasteiger partial charge in [0.1, 0.15) is 0 Å². The van der Waals surface area contributed by atoms with Gasteiger partial charge >= 0.3 is 5.97 Å². The van der Waals surface area contributed by atoms with E-state index in [-0.39, 0.29) is 10.6 Å². The van der Waals surface area contributed by atoms with Crippen LogP contribution < -0.4 is 0 Å². The third kappa shape index (κ3) is 3.01. The molecule has 0 spiro atoms. The number of aryl methyl sites for hydroxylation is 1. The zero-order valence-electron chi connectivity index (χ0n) is 11.9. The van der Waals surface area contributed by atoms with Crippen LogP contribution in [0.5, 0.6) is 0 Å². The number of nitrogens with zero attached hydrogens (tertiary/aromatic N) is 2. The van der Waals surface area contributed by atoms with E-state index in [1.807, 2.05) is 18.4 Å². The zero-order chi connectivity index (χ0) is 16.4. The Bertz CT molecular complexity index is 793. The van der Waals surface area contributed by atoms with Crippen molar-refractivity contribution in [3.05, 3.63) is 68.1 Å². The predicted octanol–water partition coefficient (Wildman–Crippen LogP) is 3.69. The minimum absolute atomic E-state index is 0.00838. The van der Waals surface area contributed by atoms with Gasteiger partial charge in [-0.05, 0) is 38.1 Å². The normalized spacial score (nSPS) is 11.0. The van der Waals surface area contributed by atoms with Gasteiger partial charge in [-0.25, -0.2) is 4.79 Å². The van der Waals surface area contributed by atoms with Crippen LogP contribution in [0.4, 0.5) is 0 Å². The summed E-state index contributed by atoms with van der Waals surface area (Å²) in [4.78, 5) is 21.1. The van der Waals surface area contributed by atoms with Gasteiger partial charge in [0.05, 0.1) is 15.5 Å². The first-order chi connectivity index (χ1) is 10.3. The fourth-order valence-electron chi connectivity index (χ4n) is 2.31. The zero-order valence-corrected chi connectivity index (χ0v) is 12.7. The van der Waals surface area contributed by atoms with E-state index in [1.165, 1.54) is 18.2 Å². The highest BCUT2D eigenvalue weighted by Crippen LogP contribution is 2.25. The summed E-state index contributed by atoms with van der Waals surface area (Å²) in [6.45, 7) is 3.65. The number of aromatic carboxylic acids is 1. The van der Waals surface area contributed by atoms with Crippen LogP contribution in [0.25, 0.3) is 11.8 Å². The molecule has 22 heavy (non-hydrogen) atoms. The van der Waals surface area contributed by atoms with Gasteiger partial charge in [-0.1, -0.05) is 11.6 Å². The topological polar surface area (TPSA) is 85.4 Å². The molecule has 6 nitrogen and oxygen atoms in total. The van der Waals surface area contributed by atoms with Gasteiger partial charge in [0.15, 0.2) is 0 Å². The summed E-state index contributed by atoms with van der Waals surface area (Å²) in [6, 6.07) is 6.50. The van der Waals surface area contributed by atoms with Crippen LogP contribution in [0.3, 0.4) is 0 Å². The van der Waals surface area contributed by atoms with Gasteiger partial charge in [-0.3, -0.25) is 10.1 Å². The third-order valence-electron chi connectivity index (χ3n) is 3.28. The highest BCUT2D eigenvalue weighted by atomic mass is 35.5. The summed E-state index contributed by atoms with van der Waals surface area (Å²) in [6.07, 6.45) is 2.28. The molecule has 1 N–H and O–H groups in total. The quantitative estimate of drug-likeness (QED) is 0.687. The summed E-state index contributed by atoms with van der Waals surface area (Å²) < 4.78 is 1.82. The Morgan fingerprint density at radius 3 is 2.64 bits per heavy atom. The molecule has 0 bridgehead atoms. The number of carboxylic acids is 1. The van der Waals surface area contributed by atoms with Crippen LogP contribution in [0.2, 0.25) is 5.02 Å². The summed E-state index contributed by atoms with van der Waals surface area (Å²) in [5, 5.41) is 19.7. The number of carbonyl (C=O) groups is 1. The van der Waals surface area contributed by atoms with E-state index in [2.05, 4.69) is 0 Å². The Balaban J connectivity index is 2.56. The van der Waals surface area contributed by atoms with Crippen molar-refractivity contribution in [1.29, 1.82) is 0 Å². The lowest BCUT2D eigenvalue weighted by molar-refractivity contribution is -0.400. The number of hydrogen-bond donors (Lipinski definition) is 1. The molecule has 114 valence electrons. The van der Waals surface area contributed by atoms with Gasteiger partial charge < -0.3 is 9.67 Å². The van der Waals surface area contributed by atoms with Crippen LogP contribution in [0.15, 0.2) is 30.5 Å². The second kappa shape index (κ2) is 6.03. The highest BCUT2D eigenvalue weighted by Gasteiger charge is 2.14. The van der Waals surface area contributed by atoms with Crippen LogP contribution >= 0.6 is 11.6 Å². The molecule has 0 atom stereocenters. The van der Waals surface area contributed by atoms with E-state index in [4.69, 9.17) is 16.7 Å². The molecule has 0 aliphatic rings. The maximum absolute atomic E-state index is 11.2. The van der Waals surface area contributed by atoms with Crippen molar-refractivity contribution in [3.8, 4) is 5.69 Å². The largest absolute Gasteiger partial charge is 0.478 e. The van der Waals surface area contributed by atoms with Gasteiger partial charge in [0, 0.05) is 28.7 Å². The fraction of sp³-hybridized carbons (Fsp3) is 0.133. The molecule has 0 saturated heterocycles. The van der Waals surface area contributed by atoms with Crippen molar-refractivity contribution < 1.29 is 14.8 Å². The molecule has 0 radical (unpaired) electrons. The van der Waals surface area contributed by atoms with Crippen molar-refractivity contribution in [1.82, 2.24) is 4.57 Å². The lowest BCUT2D eigenvalue weighted by Crippen LogP contribution is -2.03. The number of hydrogen-bond acceptors (Lipinski definition) is 3. The van der Waals surface area contributed by atoms with Gasteiger partial charge in [-0.2, -0.15) is 0 Å². The maximum Gasteiger partial charge on any atom is 0.337 e. The van der Waals surface area contributed by atoms with E-state index in [0.717, 1.165) is 17.6 Å². The maximum atomic E-state index is 11.2. The number of benzene rings is 1. The van der Waals surface area contributed by atoms with Crippen molar-refractivity contribution >= 4 is 23.6 Å². The fourth-order valence-corrected chi connectivity index (χ4v) is 2.51. The molecule has 1 aromatic carbocycles. The molecule has 2 aromatic rings. The second-order valence-corrected chi connectivity index (χ2v) is 5.14. The lowest BCUT2D eigenvalue weighted by atomic mass is 10.2. The van der Waals surface area contributed by atoms with E-state index in [0.29, 0.717) is 11.3 Å². The first kappa shape index (κ1) is 15.8. The van der Waals surface area contributed by atoms with E-state index >= 15 is 0 Å². The minimum Gasteiger partial charge on any atom is -0.478 e. The molecule has 0 unspecified atom stereocenters. The second-order valence-electron chi connectivity index (χ2n) is 4.73. The number of halogens is 1. The Labute approximate surface area is 131 Å². The number of aromatic nitrogens is 1. The molecule has 0 saturated carbocycles. The molecule has 0 aliphatic heterocycles. The molecular formula is C15H13ClN2O4. The molecule has 1 aromatic heterocycles. The molecule has 1 heterocycles. The highest BCUT2D eigenvalue weighted by molar-refractivity contribution is 6.33. The molecule has 0 fully saturated rings. The molecule has 0 aliphatic carbocycles. The monoisotopic (exact) mass is 320 g/mol. The Morgan fingerprint density at radius 2 is 2.05 bits per heavy atom. The first-order valence-corrected chi connectivity index (χ1v) is 6.73. The summed E-state index contributed by atoms with van der Waals surface area (Å²) in [7, 11) is 0. The molecule has 0 amide bonds. The Hall–Kier alpha value is -2.60. The average Bonchev–Trinajstić information content (AvgIpc) is 2.72. The standard InChI is InChI=1S/C15H13ClN2O4/c1-9-7-11(5-6-17(21)22)10(2)18(9)12-3-4-14(16)13(8-12)15(19)20/h3-8H,1-2H3,(H,19,20)/b6-5+. The van der Waals surface area contributed by atoms with Crippen molar-refractivity contribution in [3.63, 3.8) is 0 Å². The van der Waals surface area contributed by atoms with Crippen LogP contribution in [-0.4, -0.2) is 20.6 Å². The van der Waals surface area contributed by atoms with Gasteiger partial charge in [-0.15, -0.1) is 0 Å². The predicted molar refractivity (Wildman–Crippen MR) is 83.2 cm³/mol. The molecule has 2 rings (SSSR count). The average molecular weight is 321 g/mol. The number of carboxylic acid groups (broad SMARTS) is 1. The summed E-state index contributed by atoms with van der Waals surface area (Å²) in [5.41, 5.74) is 2.95. The van der Waals surface area contributed by atoms with Crippen LogP contribution in [-0.2, 0) is 0 Å². The van der Waals surface area contributed by atoms with Crippen molar-refractivity contribution in [2.24, 2.45) is 0 Å². The van der Waals surface area contributed by atoms with E-state index in [1.54, 1.807) is 12.1 Å². The van der Waals surface area contributed by atoms with E-state index in [9.17, 15) is 14.9 Å². The van der Waals surface area contributed by atoms with Crippen LogP contribution in [0, 0.1) is 24.0 Å². The number of rotatable bonds is 4.